The number of ketones is 1. The van der Waals surface area contributed by atoms with Gasteiger partial charge in [-0.15, -0.1) is 0 Å². The van der Waals surface area contributed by atoms with E-state index in [-0.39, 0.29) is 11.7 Å². The number of rotatable bonds is 0. The number of amides is 1. The van der Waals surface area contributed by atoms with Crippen LogP contribution < -0.4 is 5.32 Å². The second-order valence-electron chi connectivity index (χ2n) is 4.57. The number of nitrogens with one attached hydrogen (secondary N) is 1. The summed E-state index contributed by atoms with van der Waals surface area (Å²) in [5.41, 5.74) is 3.45. The fourth-order valence-corrected chi connectivity index (χ4v) is 2.99. The molecule has 0 aromatic heterocycles. The first-order valence-corrected chi connectivity index (χ1v) is 6.22. The fourth-order valence-electron chi connectivity index (χ4n) is 2.69. The lowest BCUT2D eigenvalue weighted by Gasteiger charge is -2.25. The molecule has 0 bridgehead atoms. The van der Waals surface area contributed by atoms with Gasteiger partial charge in [0.15, 0.2) is 5.78 Å². The molecular weight excluding hydrogens is 238 g/mol. The normalized spacial score (nSPS) is 18.4. The highest BCUT2D eigenvalue weighted by Gasteiger charge is 2.28. The molecular formula is C13H12ClNO2. The van der Waals surface area contributed by atoms with E-state index in [4.69, 9.17) is 11.6 Å². The van der Waals surface area contributed by atoms with Gasteiger partial charge in [0.2, 0.25) is 5.91 Å². The molecule has 0 atom stereocenters. The molecule has 3 nitrogen and oxygen atoms in total. The van der Waals surface area contributed by atoms with E-state index in [1.807, 2.05) is 6.07 Å². The predicted octanol–water partition coefficient (Wildman–Crippen LogP) is 2.74. The summed E-state index contributed by atoms with van der Waals surface area (Å²) in [4.78, 5) is 23.4. The van der Waals surface area contributed by atoms with Crippen molar-refractivity contribution >= 4 is 29.0 Å². The average Bonchev–Trinajstić information content (AvgIpc) is 2.30. The Morgan fingerprint density at radius 1 is 1.12 bits per heavy atom. The summed E-state index contributed by atoms with van der Waals surface area (Å²) in [5, 5.41) is 3.33. The molecule has 1 amide bonds. The SMILES string of the molecule is O=C1CCc2c(c(Cl)cc3c2C(=O)CCC3)N1. The minimum Gasteiger partial charge on any atom is -0.325 e. The van der Waals surface area contributed by atoms with Gasteiger partial charge < -0.3 is 5.32 Å². The molecule has 88 valence electrons. The van der Waals surface area contributed by atoms with E-state index < -0.39 is 0 Å². The van der Waals surface area contributed by atoms with E-state index in [2.05, 4.69) is 5.32 Å². The van der Waals surface area contributed by atoms with E-state index in [0.29, 0.717) is 30.0 Å². The van der Waals surface area contributed by atoms with Gasteiger partial charge in [0, 0.05) is 18.4 Å². The molecule has 0 saturated carbocycles. The van der Waals surface area contributed by atoms with Crippen LogP contribution in [0.25, 0.3) is 0 Å². The predicted molar refractivity (Wildman–Crippen MR) is 65.7 cm³/mol. The van der Waals surface area contributed by atoms with Gasteiger partial charge in [-0.1, -0.05) is 11.6 Å². The van der Waals surface area contributed by atoms with Gasteiger partial charge >= 0.3 is 0 Å². The largest absolute Gasteiger partial charge is 0.325 e. The fraction of sp³-hybridized carbons (Fsp3) is 0.385. The zero-order valence-electron chi connectivity index (χ0n) is 9.31. The van der Waals surface area contributed by atoms with Gasteiger partial charge in [-0.2, -0.15) is 0 Å². The smallest absolute Gasteiger partial charge is 0.224 e. The molecule has 3 rings (SSSR count). The molecule has 0 saturated heterocycles. The molecule has 0 spiro atoms. The number of hydrogen-bond acceptors (Lipinski definition) is 2. The van der Waals surface area contributed by atoms with Crippen molar-refractivity contribution in [3.05, 3.63) is 27.8 Å². The Morgan fingerprint density at radius 2 is 1.94 bits per heavy atom. The highest BCUT2D eigenvalue weighted by Crippen LogP contribution is 2.38. The van der Waals surface area contributed by atoms with E-state index in [1.54, 1.807) is 0 Å². The summed E-state index contributed by atoms with van der Waals surface area (Å²) in [7, 11) is 0. The van der Waals surface area contributed by atoms with Crippen molar-refractivity contribution < 1.29 is 9.59 Å². The number of carbonyl (C=O) groups is 2. The molecule has 0 fully saturated rings. The molecule has 1 aromatic carbocycles. The molecule has 0 radical (unpaired) electrons. The van der Waals surface area contributed by atoms with Crippen molar-refractivity contribution in [1.82, 2.24) is 0 Å². The second-order valence-corrected chi connectivity index (χ2v) is 4.98. The zero-order chi connectivity index (χ0) is 12.0. The van der Waals surface area contributed by atoms with Gasteiger partial charge in [-0.25, -0.2) is 0 Å². The summed E-state index contributed by atoms with van der Waals surface area (Å²) < 4.78 is 0. The quantitative estimate of drug-likeness (QED) is 0.769. The second kappa shape index (κ2) is 3.84. The summed E-state index contributed by atoms with van der Waals surface area (Å²) in [6.07, 6.45) is 3.47. The van der Waals surface area contributed by atoms with Gasteiger partial charge in [0.25, 0.3) is 0 Å². The number of benzene rings is 1. The Balaban J connectivity index is 2.24. The van der Waals surface area contributed by atoms with Gasteiger partial charge in [0.05, 0.1) is 10.7 Å². The van der Waals surface area contributed by atoms with Crippen molar-refractivity contribution in [2.24, 2.45) is 0 Å². The molecule has 17 heavy (non-hydrogen) atoms. The molecule has 1 heterocycles. The minimum absolute atomic E-state index is 0.0254. The Hall–Kier alpha value is -1.35. The van der Waals surface area contributed by atoms with Crippen molar-refractivity contribution in [3.8, 4) is 0 Å². The van der Waals surface area contributed by atoms with E-state index >= 15 is 0 Å². The highest BCUT2D eigenvalue weighted by molar-refractivity contribution is 6.34. The Kier molecular flexibility index (Phi) is 2.44. The van der Waals surface area contributed by atoms with Crippen LogP contribution in [-0.4, -0.2) is 11.7 Å². The molecule has 1 aromatic rings. The molecule has 0 unspecified atom stereocenters. The first-order chi connectivity index (χ1) is 8.16. The summed E-state index contributed by atoms with van der Waals surface area (Å²) >= 11 is 6.17. The Labute approximate surface area is 104 Å². The summed E-state index contributed by atoms with van der Waals surface area (Å²) in [6, 6.07) is 1.83. The van der Waals surface area contributed by atoms with Gasteiger partial charge in [-0.05, 0) is 36.5 Å². The number of anilines is 1. The van der Waals surface area contributed by atoms with E-state index in [0.717, 1.165) is 29.5 Å². The molecule has 4 heteroatoms. The maximum absolute atomic E-state index is 12.0. The average molecular weight is 250 g/mol. The third kappa shape index (κ3) is 1.65. The Bertz CT molecular complexity index is 537. The lowest BCUT2D eigenvalue weighted by molar-refractivity contribution is -0.116. The van der Waals surface area contributed by atoms with Crippen LogP contribution in [-0.2, 0) is 17.6 Å². The number of Topliss-reactive ketones (excluding diaryl/α,β-unsaturated/α-hetero) is 1. The molecule has 1 aliphatic heterocycles. The topological polar surface area (TPSA) is 46.2 Å². The summed E-state index contributed by atoms with van der Waals surface area (Å²) in [6.45, 7) is 0. The standard InChI is InChI=1S/C13H12ClNO2/c14-9-6-7-2-1-3-10(16)12(7)8-4-5-11(17)15-13(8)9/h6H,1-5H2,(H,15,17). The Morgan fingerprint density at radius 3 is 2.76 bits per heavy atom. The van der Waals surface area contributed by atoms with Crippen LogP contribution in [0.4, 0.5) is 5.69 Å². The lowest BCUT2D eigenvalue weighted by atomic mass is 9.84. The highest BCUT2D eigenvalue weighted by atomic mass is 35.5. The van der Waals surface area contributed by atoms with Crippen LogP contribution in [0.3, 0.4) is 0 Å². The monoisotopic (exact) mass is 249 g/mol. The number of carbonyl (C=O) groups excluding carboxylic acids is 2. The van der Waals surface area contributed by atoms with Crippen LogP contribution in [0.1, 0.15) is 40.7 Å². The maximum Gasteiger partial charge on any atom is 0.224 e. The number of fused-ring (bicyclic) bond motifs is 3. The van der Waals surface area contributed by atoms with Crippen molar-refractivity contribution in [3.63, 3.8) is 0 Å². The van der Waals surface area contributed by atoms with Gasteiger partial charge in [0.1, 0.15) is 0 Å². The van der Waals surface area contributed by atoms with E-state index in [9.17, 15) is 9.59 Å². The minimum atomic E-state index is -0.0254. The lowest BCUT2D eigenvalue weighted by Crippen LogP contribution is -2.24. The van der Waals surface area contributed by atoms with Crippen molar-refractivity contribution in [2.75, 3.05) is 5.32 Å². The van der Waals surface area contributed by atoms with Crippen LogP contribution in [0, 0.1) is 0 Å². The first kappa shape index (κ1) is 10.8. The zero-order valence-corrected chi connectivity index (χ0v) is 10.1. The van der Waals surface area contributed by atoms with Crippen LogP contribution in [0.5, 0.6) is 0 Å². The van der Waals surface area contributed by atoms with Crippen LogP contribution in [0.2, 0.25) is 5.02 Å². The molecule has 2 aliphatic rings. The maximum atomic E-state index is 12.0. The molecule has 1 aliphatic carbocycles. The number of halogens is 1. The number of hydrogen-bond donors (Lipinski definition) is 1. The van der Waals surface area contributed by atoms with Gasteiger partial charge in [-0.3, -0.25) is 9.59 Å². The third-order valence-electron chi connectivity index (χ3n) is 3.46. The van der Waals surface area contributed by atoms with Crippen LogP contribution >= 0.6 is 11.6 Å². The molecule has 1 N–H and O–H groups in total. The van der Waals surface area contributed by atoms with Crippen LogP contribution in [0.15, 0.2) is 6.07 Å². The number of aryl methyl sites for hydroxylation is 1. The van der Waals surface area contributed by atoms with Crippen molar-refractivity contribution in [1.29, 1.82) is 0 Å². The summed E-state index contributed by atoms with van der Waals surface area (Å²) in [5.74, 6) is 0.165. The third-order valence-corrected chi connectivity index (χ3v) is 3.76. The van der Waals surface area contributed by atoms with Crippen molar-refractivity contribution in [2.45, 2.75) is 32.1 Å². The van der Waals surface area contributed by atoms with E-state index in [1.165, 1.54) is 0 Å². The first-order valence-electron chi connectivity index (χ1n) is 5.84.